The number of aliphatic hydroxyl groups is 1. The Labute approximate surface area is 166 Å². The predicted octanol–water partition coefficient (Wildman–Crippen LogP) is 2.01. The predicted molar refractivity (Wildman–Crippen MR) is 106 cm³/mol. The van der Waals surface area contributed by atoms with E-state index in [1.165, 1.54) is 0 Å². The molecule has 0 spiro atoms. The largest absolute Gasteiger partial charge is 0.384 e. The summed E-state index contributed by atoms with van der Waals surface area (Å²) in [5, 5.41) is 28.5. The van der Waals surface area contributed by atoms with Crippen molar-refractivity contribution in [2.45, 2.75) is 26.0 Å². The van der Waals surface area contributed by atoms with Gasteiger partial charge in [-0.2, -0.15) is 5.26 Å². The van der Waals surface area contributed by atoms with Crippen molar-refractivity contribution >= 4 is 16.9 Å². The van der Waals surface area contributed by atoms with Crippen LogP contribution in [0.15, 0.2) is 42.6 Å². The molecule has 0 atom stereocenters. The molecule has 9 heteroatoms. The summed E-state index contributed by atoms with van der Waals surface area (Å²) in [4.78, 5) is 13.0. The van der Waals surface area contributed by atoms with Crippen LogP contribution in [0.2, 0.25) is 0 Å². The number of nitriles is 1. The van der Waals surface area contributed by atoms with Gasteiger partial charge in [0.1, 0.15) is 23.1 Å². The van der Waals surface area contributed by atoms with Gasteiger partial charge in [-0.3, -0.25) is 4.98 Å². The maximum atomic E-state index is 10.2. The number of aromatic nitrogens is 6. The number of nitrogens with two attached hydrogens (primary N) is 1. The van der Waals surface area contributed by atoms with Gasteiger partial charge in [-0.25, -0.2) is 14.6 Å². The molecule has 0 aliphatic rings. The van der Waals surface area contributed by atoms with E-state index >= 15 is 0 Å². The van der Waals surface area contributed by atoms with E-state index in [9.17, 15) is 10.4 Å². The molecule has 4 rings (SSSR count). The van der Waals surface area contributed by atoms with Crippen molar-refractivity contribution in [3.63, 3.8) is 0 Å². The summed E-state index contributed by atoms with van der Waals surface area (Å²) in [6.07, 6.45) is 1.73. The molecule has 0 unspecified atom stereocenters. The number of pyridine rings is 1. The Morgan fingerprint density at radius 2 is 1.93 bits per heavy atom. The fourth-order valence-electron chi connectivity index (χ4n) is 3.01. The molecule has 29 heavy (non-hydrogen) atoms. The van der Waals surface area contributed by atoms with Crippen LogP contribution in [0.5, 0.6) is 0 Å². The number of benzene rings is 1. The Morgan fingerprint density at radius 3 is 2.69 bits per heavy atom. The molecular weight excluding hydrogens is 368 g/mol. The van der Waals surface area contributed by atoms with Crippen LogP contribution in [0.1, 0.15) is 30.8 Å². The van der Waals surface area contributed by atoms with Gasteiger partial charge in [0.25, 0.3) is 0 Å². The molecule has 3 aromatic heterocycles. The second kappa shape index (κ2) is 6.92. The van der Waals surface area contributed by atoms with E-state index in [1.807, 2.05) is 18.2 Å². The van der Waals surface area contributed by atoms with E-state index in [0.717, 1.165) is 5.69 Å². The second-order valence-corrected chi connectivity index (χ2v) is 7.12. The van der Waals surface area contributed by atoms with Gasteiger partial charge in [0.05, 0.1) is 35.2 Å². The number of rotatable bonds is 4. The monoisotopic (exact) mass is 386 g/mol. The van der Waals surface area contributed by atoms with Crippen molar-refractivity contribution < 1.29 is 5.11 Å². The Balaban J connectivity index is 1.71. The van der Waals surface area contributed by atoms with Crippen molar-refractivity contribution in [3.05, 3.63) is 59.5 Å². The van der Waals surface area contributed by atoms with E-state index in [4.69, 9.17) is 5.73 Å². The minimum atomic E-state index is -1.03. The number of nitrogens with zero attached hydrogens (tertiary/aromatic N) is 7. The highest BCUT2D eigenvalue weighted by Gasteiger charge is 2.18. The maximum Gasteiger partial charge on any atom is 0.221 e. The van der Waals surface area contributed by atoms with E-state index in [0.29, 0.717) is 40.1 Å². The quantitative estimate of drug-likeness (QED) is 0.543. The van der Waals surface area contributed by atoms with Crippen LogP contribution in [0.4, 0.5) is 5.95 Å². The second-order valence-electron chi connectivity index (χ2n) is 7.12. The van der Waals surface area contributed by atoms with Gasteiger partial charge >= 0.3 is 0 Å². The lowest BCUT2D eigenvalue weighted by atomic mass is 10.0. The molecule has 9 nitrogen and oxygen atoms in total. The molecule has 3 heterocycles. The number of nitrogen functional groups attached to an aromatic ring is 1. The first-order valence-corrected chi connectivity index (χ1v) is 8.91. The van der Waals surface area contributed by atoms with Gasteiger partial charge in [0.2, 0.25) is 5.95 Å². The third-order valence-corrected chi connectivity index (χ3v) is 4.40. The topological polar surface area (TPSA) is 139 Å². The first kappa shape index (κ1) is 18.5. The summed E-state index contributed by atoms with van der Waals surface area (Å²) in [6.45, 7) is 3.75. The summed E-state index contributed by atoms with van der Waals surface area (Å²) in [6, 6.07) is 12.8. The van der Waals surface area contributed by atoms with Crippen LogP contribution in [-0.4, -0.2) is 35.1 Å². The molecule has 0 amide bonds. The van der Waals surface area contributed by atoms with Gasteiger partial charge in [0.15, 0.2) is 0 Å². The third kappa shape index (κ3) is 3.61. The molecule has 144 valence electrons. The highest BCUT2D eigenvalue weighted by atomic mass is 16.3. The Kier molecular flexibility index (Phi) is 4.41. The lowest BCUT2D eigenvalue weighted by Crippen LogP contribution is -2.18. The van der Waals surface area contributed by atoms with Crippen LogP contribution >= 0.6 is 0 Å². The highest BCUT2D eigenvalue weighted by molar-refractivity contribution is 5.95. The van der Waals surface area contributed by atoms with Crippen LogP contribution in [-0.2, 0) is 12.1 Å². The third-order valence-electron chi connectivity index (χ3n) is 4.40. The summed E-state index contributed by atoms with van der Waals surface area (Å²) < 4.78 is 1.63. The minimum Gasteiger partial charge on any atom is -0.384 e. The normalized spacial score (nSPS) is 11.5. The first-order chi connectivity index (χ1) is 13.8. The van der Waals surface area contributed by atoms with E-state index in [2.05, 4.69) is 31.3 Å². The maximum absolute atomic E-state index is 10.2. The Morgan fingerprint density at radius 1 is 1.14 bits per heavy atom. The van der Waals surface area contributed by atoms with Crippen molar-refractivity contribution in [2.24, 2.45) is 0 Å². The van der Waals surface area contributed by atoms with Crippen molar-refractivity contribution in [2.75, 3.05) is 5.73 Å². The first-order valence-electron chi connectivity index (χ1n) is 8.91. The average molecular weight is 386 g/mol. The lowest BCUT2D eigenvalue weighted by Gasteiger charge is -2.17. The van der Waals surface area contributed by atoms with E-state index in [-0.39, 0.29) is 5.95 Å². The standard InChI is InChI=1S/C20H18N8O/c1-20(2,29)16-8-4-6-13(23-16)10-28-11-15(26-27-28)18-14-7-3-5-12(9-21)17(14)24-19(22)25-18/h3-8,11,29H,10H2,1-2H3,(H2,22,24,25). The molecule has 1 aromatic carbocycles. The zero-order valence-electron chi connectivity index (χ0n) is 15.9. The average Bonchev–Trinajstić information content (AvgIpc) is 3.14. The van der Waals surface area contributed by atoms with Crippen LogP contribution in [0.3, 0.4) is 0 Å². The Bertz CT molecular complexity index is 1250. The van der Waals surface area contributed by atoms with Crippen LogP contribution in [0.25, 0.3) is 22.3 Å². The van der Waals surface area contributed by atoms with Crippen molar-refractivity contribution in [1.29, 1.82) is 5.26 Å². The lowest BCUT2D eigenvalue weighted by molar-refractivity contribution is 0.0736. The van der Waals surface area contributed by atoms with Gasteiger partial charge in [-0.1, -0.05) is 23.4 Å². The number of hydrogen-bond acceptors (Lipinski definition) is 8. The number of hydrogen-bond donors (Lipinski definition) is 2. The molecule has 0 radical (unpaired) electrons. The number of para-hydroxylation sites is 1. The number of anilines is 1. The Hall–Kier alpha value is -3.90. The highest BCUT2D eigenvalue weighted by Crippen LogP contribution is 2.27. The van der Waals surface area contributed by atoms with Crippen LogP contribution in [0, 0.1) is 11.3 Å². The molecule has 0 aliphatic carbocycles. The summed E-state index contributed by atoms with van der Waals surface area (Å²) in [5.74, 6) is 0.0595. The smallest absolute Gasteiger partial charge is 0.221 e. The zero-order chi connectivity index (χ0) is 20.6. The van der Waals surface area contributed by atoms with Gasteiger partial charge in [0, 0.05) is 5.39 Å². The van der Waals surface area contributed by atoms with Gasteiger partial charge in [-0.05, 0) is 32.0 Å². The van der Waals surface area contributed by atoms with Crippen LogP contribution < -0.4 is 5.73 Å². The zero-order valence-corrected chi connectivity index (χ0v) is 15.9. The molecule has 0 aliphatic heterocycles. The molecule has 3 N–H and O–H groups in total. The van der Waals surface area contributed by atoms with Gasteiger partial charge < -0.3 is 10.8 Å². The molecule has 0 fully saturated rings. The van der Waals surface area contributed by atoms with Crippen molar-refractivity contribution in [1.82, 2.24) is 29.9 Å². The molecule has 0 saturated heterocycles. The fraction of sp³-hybridized carbons (Fsp3) is 0.200. The van der Waals surface area contributed by atoms with Gasteiger partial charge in [-0.15, -0.1) is 5.10 Å². The number of fused-ring (bicyclic) bond motifs is 1. The minimum absolute atomic E-state index is 0.0595. The summed E-state index contributed by atoms with van der Waals surface area (Å²) in [5.41, 5.74) is 8.05. The SMILES string of the molecule is CC(C)(O)c1cccc(Cn2cc(-c3nc(N)nc4c(C#N)cccc34)nn2)n1. The van der Waals surface area contributed by atoms with E-state index in [1.54, 1.807) is 42.9 Å². The van der Waals surface area contributed by atoms with E-state index < -0.39 is 5.60 Å². The molecule has 0 saturated carbocycles. The molecular formula is C20H18N8O. The molecule has 0 bridgehead atoms. The van der Waals surface area contributed by atoms with Crippen molar-refractivity contribution in [3.8, 4) is 17.5 Å². The fourth-order valence-corrected chi connectivity index (χ4v) is 3.01. The summed E-state index contributed by atoms with van der Waals surface area (Å²) in [7, 11) is 0. The molecule has 4 aromatic rings. The summed E-state index contributed by atoms with van der Waals surface area (Å²) >= 11 is 0.